The number of imidazole rings is 1. The predicted molar refractivity (Wildman–Crippen MR) is 210 cm³/mol. The first-order chi connectivity index (χ1) is 28.3. The van der Waals surface area contributed by atoms with Gasteiger partial charge in [0.2, 0.25) is 16.0 Å². The molecule has 20 nitrogen and oxygen atoms in total. The van der Waals surface area contributed by atoms with E-state index < -0.39 is 47.2 Å². The number of benzene rings is 3. The van der Waals surface area contributed by atoms with Crippen LogP contribution in [0.1, 0.15) is 47.3 Å². The first-order valence-electron chi connectivity index (χ1n) is 18.4. The van der Waals surface area contributed by atoms with Crippen LogP contribution in [-0.2, 0) is 21.4 Å². The minimum Gasteiger partial charge on any atom is -0.508 e. The van der Waals surface area contributed by atoms with Crippen LogP contribution >= 0.6 is 0 Å². The van der Waals surface area contributed by atoms with Crippen molar-refractivity contribution < 1.29 is 48.0 Å². The lowest BCUT2D eigenvalue weighted by Gasteiger charge is -2.22. The summed E-state index contributed by atoms with van der Waals surface area (Å²) in [4.78, 5) is 29.1. The molecule has 2 saturated heterocycles. The van der Waals surface area contributed by atoms with Crippen molar-refractivity contribution in [1.29, 1.82) is 0 Å². The first-order valence-corrected chi connectivity index (χ1v) is 20.0. The van der Waals surface area contributed by atoms with E-state index in [0.717, 1.165) is 11.1 Å². The third kappa shape index (κ3) is 8.32. The van der Waals surface area contributed by atoms with E-state index in [4.69, 9.17) is 24.4 Å². The number of aromatic nitrogens is 5. The van der Waals surface area contributed by atoms with Gasteiger partial charge in [0.1, 0.15) is 35.5 Å². The van der Waals surface area contributed by atoms with E-state index in [-0.39, 0.29) is 70.2 Å². The number of nitrogens with zero attached hydrogens (tertiary/aromatic N) is 6. The molecule has 8 rings (SSSR count). The number of hydrogen-bond acceptors (Lipinski definition) is 16. The van der Waals surface area contributed by atoms with Gasteiger partial charge in [0.25, 0.3) is 0 Å². The zero-order valence-electron chi connectivity index (χ0n) is 31.0. The number of nitrogens with one attached hydrogen (secondary N) is 3. The molecule has 2 amide bonds. The molecule has 2 fully saturated rings. The number of rotatable bonds is 12. The molecule has 3 aromatic carbocycles. The van der Waals surface area contributed by atoms with Crippen molar-refractivity contribution in [2.24, 2.45) is 5.14 Å². The number of phenols is 2. The fraction of sp³-hybridized carbons (Fsp3) is 0.289. The summed E-state index contributed by atoms with van der Waals surface area (Å²) in [5, 5.41) is 69.7. The van der Waals surface area contributed by atoms with Gasteiger partial charge in [0.05, 0.1) is 17.8 Å². The second-order valence-electron chi connectivity index (χ2n) is 14.2. The number of amides is 2. The van der Waals surface area contributed by atoms with Gasteiger partial charge in [-0.2, -0.15) is 9.97 Å². The number of phenolic OH excluding ortho intramolecular Hbond substituents is 2. The molecule has 10 N–H and O–H groups in total. The van der Waals surface area contributed by atoms with E-state index in [1.54, 1.807) is 48.5 Å². The summed E-state index contributed by atoms with van der Waals surface area (Å²) >= 11 is 0. The number of urea groups is 1. The Morgan fingerprint density at radius 1 is 0.966 bits per heavy atom. The molecular weight excluding hydrogens is 789 g/mol. The van der Waals surface area contributed by atoms with E-state index in [2.05, 4.69) is 26.1 Å². The zero-order valence-corrected chi connectivity index (χ0v) is 31.8. The van der Waals surface area contributed by atoms with Gasteiger partial charge in [-0.25, -0.2) is 23.3 Å². The summed E-state index contributed by atoms with van der Waals surface area (Å²) in [5.41, 5.74) is 2.74. The molecule has 6 aromatic rings. The molecule has 2 aliphatic rings. The van der Waals surface area contributed by atoms with Crippen LogP contribution in [0.3, 0.4) is 0 Å². The minimum absolute atomic E-state index is 0.104. The molecule has 5 atom stereocenters. The Labute approximate surface area is 336 Å². The Morgan fingerprint density at radius 2 is 1.68 bits per heavy atom. The van der Waals surface area contributed by atoms with Crippen molar-refractivity contribution in [1.82, 2.24) is 30.0 Å². The van der Waals surface area contributed by atoms with Crippen LogP contribution in [-0.4, -0.2) is 103 Å². The normalized spacial score (nSPS) is 20.7. The highest BCUT2D eigenvalue weighted by Crippen LogP contribution is 2.41. The van der Waals surface area contributed by atoms with Gasteiger partial charge in [-0.3, -0.25) is 4.57 Å². The van der Waals surface area contributed by atoms with Crippen molar-refractivity contribution in [2.75, 3.05) is 35.2 Å². The lowest BCUT2D eigenvalue weighted by atomic mass is 9.91. The third-order valence-corrected chi connectivity index (χ3v) is 11.1. The molecule has 3 aromatic heterocycles. The summed E-state index contributed by atoms with van der Waals surface area (Å²) in [6.07, 6.45) is -3.31. The molecular formula is C38H40N10O10S. The SMILES string of the molecule is NS(=O)(=O)c1cccc(NC(=O)N[C@@H]2CCN(c3nc(NCC(c4ccc(O)cc4)c4ccc(O)cc4)c4ncn([C@@H]5O[C@H](c6cc(CO)no6)[C@@H](O)[C@H]5O)c4n3)C2)c1. The predicted octanol–water partition coefficient (Wildman–Crippen LogP) is 2.00. The Hall–Kier alpha value is -6.36. The van der Waals surface area contributed by atoms with E-state index >= 15 is 0 Å². The topological polar surface area (TPSA) is 297 Å². The molecule has 0 bridgehead atoms. The van der Waals surface area contributed by atoms with Crippen LogP contribution < -0.4 is 26.0 Å². The van der Waals surface area contributed by atoms with E-state index in [1.807, 2.05) is 4.90 Å². The summed E-state index contributed by atoms with van der Waals surface area (Å²) in [7, 11) is -3.98. The summed E-state index contributed by atoms with van der Waals surface area (Å²) in [6.45, 7) is 0.589. The number of ether oxygens (including phenoxy) is 1. The summed E-state index contributed by atoms with van der Waals surface area (Å²) in [6, 6.07) is 19.6. The maximum atomic E-state index is 13.0. The van der Waals surface area contributed by atoms with E-state index in [0.29, 0.717) is 24.3 Å². The summed E-state index contributed by atoms with van der Waals surface area (Å²) in [5.74, 6) is 0.598. The molecule has 2 aliphatic heterocycles. The minimum atomic E-state index is -3.98. The molecule has 59 heavy (non-hydrogen) atoms. The lowest BCUT2D eigenvalue weighted by molar-refractivity contribution is -0.0434. The Balaban J connectivity index is 1.09. The van der Waals surface area contributed by atoms with Crippen molar-refractivity contribution in [3.05, 3.63) is 108 Å². The van der Waals surface area contributed by atoms with Gasteiger partial charge in [-0.1, -0.05) is 35.5 Å². The number of fused-ring (bicyclic) bond motifs is 1. The molecule has 5 heterocycles. The van der Waals surface area contributed by atoms with Gasteiger partial charge in [-0.15, -0.1) is 0 Å². The molecule has 0 unspecified atom stereocenters. The highest BCUT2D eigenvalue weighted by Gasteiger charge is 2.47. The Kier molecular flexibility index (Phi) is 10.8. The van der Waals surface area contributed by atoms with Gasteiger partial charge in [0.15, 0.2) is 29.0 Å². The number of aliphatic hydroxyl groups is 3. The number of carbonyl (C=O) groups excluding carboxylic acids is 1. The van der Waals surface area contributed by atoms with E-state index in [1.165, 1.54) is 41.2 Å². The largest absolute Gasteiger partial charge is 0.508 e. The van der Waals surface area contributed by atoms with Crippen LogP contribution in [0.2, 0.25) is 0 Å². The number of nitrogens with two attached hydrogens (primary N) is 1. The number of aromatic hydroxyl groups is 2. The second kappa shape index (κ2) is 16.1. The van der Waals surface area contributed by atoms with Crippen LogP contribution in [0.5, 0.6) is 11.5 Å². The monoisotopic (exact) mass is 828 g/mol. The smallest absolute Gasteiger partial charge is 0.319 e. The van der Waals surface area contributed by atoms with Crippen LogP contribution in [0.4, 0.5) is 22.2 Å². The lowest BCUT2D eigenvalue weighted by Crippen LogP contribution is -2.40. The van der Waals surface area contributed by atoms with Crippen molar-refractivity contribution >= 4 is 44.7 Å². The Morgan fingerprint density at radius 3 is 2.34 bits per heavy atom. The standard InChI is InChI=1S/C38H40N10O10S/c39-59(55,56)27-3-1-2-22(14-27)42-38(54)43-23-12-13-47(17-23)37-44-34(40-16-28(20-4-8-25(50)9-5-20)21-6-10-26(51)11-7-21)30-35(45-37)48(19-41-30)36-32(53)31(52)33(57-36)29-15-24(18-49)46-58-29/h1-11,14-15,19,23,28,31-33,36,49-53H,12-13,16-18H2,(H2,39,55,56)(H,40,44,45)(H2,42,43,54)/t23-,31+,32-,33-,36-/m1/s1. The molecule has 0 spiro atoms. The zero-order chi connectivity index (χ0) is 41.4. The fourth-order valence-corrected chi connectivity index (χ4v) is 7.78. The quantitative estimate of drug-likeness (QED) is 0.0852. The summed E-state index contributed by atoms with van der Waals surface area (Å²) < 4.78 is 36.5. The van der Waals surface area contributed by atoms with Gasteiger partial charge < -0.3 is 55.6 Å². The number of hydrogen-bond donors (Lipinski definition) is 9. The van der Waals surface area contributed by atoms with Crippen LogP contribution in [0.25, 0.3) is 11.2 Å². The molecule has 0 saturated carbocycles. The molecule has 0 radical (unpaired) electrons. The van der Waals surface area contributed by atoms with E-state index in [9.17, 15) is 38.7 Å². The van der Waals surface area contributed by atoms with Gasteiger partial charge in [0, 0.05) is 43.3 Å². The Bertz CT molecular complexity index is 2520. The number of primary sulfonamides is 1. The van der Waals surface area contributed by atoms with Gasteiger partial charge >= 0.3 is 6.03 Å². The maximum Gasteiger partial charge on any atom is 0.319 e. The highest BCUT2D eigenvalue weighted by molar-refractivity contribution is 7.89. The molecule has 21 heteroatoms. The van der Waals surface area contributed by atoms with Crippen LogP contribution in [0, 0.1) is 0 Å². The number of anilines is 3. The van der Waals surface area contributed by atoms with Crippen molar-refractivity contribution in [3.63, 3.8) is 0 Å². The average molecular weight is 829 g/mol. The van der Waals surface area contributed by atoms with Crippen LogP contribution in [0.15, 0.2) is 94.6 Å². The number of aliphatic hydroxyl groups excluding tert-OH is 3. The number of carbonyl (C=O) groups is 1. The van der Waals surface area contributed by atoms with Crippen molar-refractivity contribution in [3.8, 4) is 11.5 Å². The first kappa shape index (κ1) is 39.5. The van der Waals surface area contributed by atoms with Gasteiger partial charge in [-0.05, 0) is 60.0 Å². The molecule has 308 valence electrons. The number of sulfonamides is 1. The van der Waals surface area contributed by atoms with Crippen molar-refractivity contribution in [2.45, 2.75) is 54.4 Å². The molecule has 0 aliphatic carbocycles. The average Bonchev–Trinajstić information content (AvgIpc) is 4.03. The maximum absolute atomic E-state index is 13.0. The fourth-order valence-electron chi connectivity index (χ4n) is 7.22. The second-order valence-corrected chi connectivity index (χ2v) is 15.8. The third-order valence-electron chi connectivity index (χ3n) is 10.2. The highest BCUT2D eigenvalue weighted by atomic mass is 32.2.